The van der Waals surface area contributed by atoms with Gasteiger partial charge >= 0.3 is 5.97 Å². The van der Waals surface area contributed by atoms with Crippen LogP contribution < -0.4 is 5.32 Å². The summed E-state index contributed by atoms with van der Waals surface area (Å²) in [6.45, 7) is 2.10. The zero-order valence-electron chi connectivity index (χ0n) is 13.5. The largest absolute Gasteiger partial charge is 0.455 e. The Morgan fingerprint density at radius 2 is 1.96 bits per heavy atom. The van der Waals surface area contributed by atoms with Gasteiger partial charge in [-0.25, -0.2) is 9.78 Å². The number of rotatable bonds is 6. The second-order valence-electron chi connectivity index (χ2n) is 5.38. The highest BCUT2D eigenvalue weighted by molar-refractivity contribution is 7.12. The number of aromatic nitrogens is 1. The Labute approximate surface area is 153 Å². The SMILES string of the molecule is Cc1ccc(NC(=O)Cc2nc(COC(=O)c3cccs3)cs2)cc1. The van der Waals surface area contributed by atoms with E-state index in [-0.39, 0.29) is 24.9 Å². The molecule has 0 saturated heterocycles. The van der Waals surface area contributed by atoms with Gasteiger partial charge in [-0.2, -0.15) is 0 Å². The Morgan fingerprint density at radius 1 is 1.16 bits per heavy atom. The number of esters is 1. The van der Waals surface area contributed by atoms with Gasteiger partial charge in [0.25, 0.3) is 0 Å². The van der Waals surface area contributed by atoms with Crippen LogP contribution >= 0.6 is 22.7 Å². The minimum Gasteiger partial charge on any atom is -0.455 e. The summed E-state index contributed by atoms with van der Waals surface area (Å²) in [6, 6.07) is 11.1. The highest BCUT2D eigenvalue weighted by atomic mass is 32.1. The molecule has 3 rings (SSSR count). The van der Waals surface area contributed by atoms with Gasteiger partial charge in [-0.3, -0.25) is 4.79 Å². The van der Waals surface area contributed by atoms with Crippen LogP contribution in [0.3, 0.4) is 0 Å². The summed E-state index contributed by atoms with van der Waals surface area (Å²) in [5, 5.41) is 7.15. The number of carbonyl (C=O) groups excluding carboxylic acids is 2. The van der Waals surface area contributed by atoms with Gasteiger partial charge in [0, 0.05) is 11.1 Å². The zero-order valence-corrected chi connectivity index (χ0v) is 15.2. The van der Waals surface area contributed by atoms with E-state index in [1.807, 2.05) is 36.6 Å². The van der Waals surface area contributed by atoms with E-state index in [0.29, 0.717) is 15.6 Å². The summed E-state index contributed by atoms with van der Waals surface area (Å²) in [5.41, 5.74) is 2.55. The standard InChI is InChI=1S/C18H16N2O3S2/c1-12-4-6-13(7-5-12)19-16(21)9-17-20-14(11-25-17)10-23-18(22)15-3-2-8-24-15/h2-8,11H,9-10H2,1H3,(H,19,21). The molecule has 0 unspecified atom stereocenters. The Hall–Kier alpha value is -2.51. The first-order chi connectivity index (χ1) is 12.1. The predicted molar refractivity (Wildman–Crippen MR) is 99.1 cm³/mol. The molecule has 1 amide bonds. The first-order valence-electron chi connectivity index (χ1n) is 7.60. The molecule has 0 aliphatic carbocycles. The van der Waals surface area contributed by atoms with Crippen molar-refractivity contribution in [2.24, 2.45) is 0 Å². The summed E-state index contributed by atoms with van der Waals surface area (Å²) in [6.07, 6.45) is 0.192. The molecule has 2 aromatic heterocycles. The molecular weight excluding hydrogens is 356 g/mol. The van der Waals surface area contributed by atoms with E-state index in [4.69, 9.17) is 4.74 Å². The lowest BCUT2D eigenvalue weighted by atomic mass is 10.2. The Kier molecular flexibility index (Phi) is 5.57. The maximum Gasteiger partial charge on any atom is 0.348 e. The van der Waals surface area contributed by atoms with E-state index in [1.54, 1.807) is 17.5 Å². The summed E-state index contributed by atoms with van der Waals surface area (Å²) in [4.78, 5) is 28.8. The lowest BCUT2D eigenvalue weighted by Crippen LogP contribution is -2.14. The van der Waals surface area contributed by atoms with Gasteiger partial charge in [-0.15, -0.1) is 22.7 Å². The van der Waals surface area contributed by atoms with Crippen molar-refractivity contribution < 1.29 is 14.3 Å². The fraction of sp³-hybridized carbons (Fsp3) is 0.167. The molecule has 3 aromatic rings. The number of carbonyl (C=O) groups is 2. The molecule has 2 heterocycles. The van der Waals surface area contributed by atoms with Gasteiger partial charge in [0.05, 0.1) is 12.1 Å². The number of hydrogen-bond acceptors (Lipinski definition) is 6. The summed E-state index contributed by atoms with van der Waals surface area (Å²) < 4.78 is 5.21. The number of thiophene rings is 1. The number of hydrogen-bond donors (Lipinski definition) is 1. The summed E-state index contributed by atoms with van der Waals surface area (Å²) in [7, 11) is 0. The summed E-state index contributed by atoms with van der Waals surface area (Å²) >= 11 is 2.72. The average molecular weight is 372 g/mol. The first kappa shape index (κ1) is 17.3. The molecule has 0 bridgehead atoms. The normalized spacial score (nSPS) is 10.4. The van der Waals surface area contributed by atoms with E-state index in [0.717, 1.165) is 11.3 Å². The van der Waals surface area contributed by atoms with Crippen LogP contribution in [0.25, 0.3) is 0 Å². The van der Waals surface area contributed by atoms with Crippen molar-refractivity contribution in [2.45, 2.75) is 20.0 Å². The van der Waals surface area contributed by atoms with E-state index >= 15 is 0 Å². The van der Waals surface area contributed by atoms with Gasteiger partial charge in [0.2, 0.25) is 5.91 Å². The molecule has 128 valence electrons. The number of amides is 1. The van der Waals surface area contributed by atoms with Crippen molar-refractivity contribution in [3.63, 3.8) is 0 Å². The van der Waals surface area contributed by atoms with E-state index in [9.17, 15) is 9.59 Å². The molecule has 0 saturated carbocycles. The number of nitrogens with zero attached hydrogens (tertiary/aromatic N) is 1. The molecule has 5 nitrogen and oxygen atoms in total. The second kappa shape index (κ2) is 8.04. The van der Waals surface area contributed by atoms with Crippen LogP contribution in [0.15, 0.2) is 47.2 Å². The van der Waals surface area contributed by atoms with Crippen molar-refractivity contribution in [1.82, 2.24) is 4.98 Å². The number of benzene rings is 1. The molecule has 0 radical (unpaired) electrons. The van der Waals surface area contributed by atoms with Crippen LogP contribution in [0.1, 0.15) is 25.9 Å². The van der Waals surface area contributed by atoms with Gasteiger partial charge < -0.3 is 10.1 Å². The van der Waals surface area contributed by atoms with Crippen LogP contribution in [0.4, 0.5) is 5.69 Å². The van der Waals surface area contributed by atoms with Crippen molar-refractivity contribution in [2.75, 3.05) is 5.32 Å². The highest BCUT2D eigenvalue weighted by Gasteiger charge is 2.11. The molecule has 0 aliphatic heterocycles. The third-order valence-electron chi connectivity index (χ3n) is 3.32. The highest BCUT2D eigenvalue weighted by Crippen LogP contribution is 2.15. The van der Waals surface area contributed by atoms with Gasteiger partial charge in [-0.1, -0.05) is 23.8 Å². The van der Waals surface area contributed by atoms with Crippen LogP contribution in [0.5, 0.6) is 0 Å². The van der Waals surface area contributed by atoms with Crippen LogP contribution in [0.2, 0.25) is 0 Å². The number of anilines is 1. The third-order valence-corrected chi connectivity index (χ3v) is 5.07. The number of ether oxygens (including phenoxy) is 1. The van der Waals surface area contributed by atoms with E-state index in [1.165, 1.54) is 22.7 Å². The molecule has 1 aromatic carbocycles. The smallest absolute Gasteiger partial charge is 0.348 e. The van der Waals surface area contributed by atoms with Crippen molar-refractivity contribution in [3.05, 3.63) is 68.3 Å². The molecule has 0 aliphatic rings. The number of aryl methyl sites for hydroxylation is 1. The molecular formula is C18H16N2O3S2. The average Bonchev–Trinajstić information content (AvgIpc) is 3.26. The lowest BCUT2D eigenvalue weighted by Gasteiger charge is -2.04. The Bertz CT molecular complexity index is 855. The fourth-order valence-electron chi connectivity index (χ4n) is 2.08. The molecule has 7 heteroatoms. The molecule has 25 heavy (non-hydrogen) atoms. The van der Waals surface area contributed by atoms with Crippen molar-refractivity contribution >= 4 is 40.2 Å². The maximum absolute atomic E-state index is 12.1. The van der Waals surface area contributed by atoms with Gasteiger partial charge in [0.1, 0.15) is 16.5 Å². The van der Waals surface area contributed by atoms with Crippen molar-refractivity contribution in [1.29, 1.82) is 0 Å². The third kappa shape index (κ3) is 4.98. The minimum absolute atomic E-state index is 0.104. The Balaban J connectivity index is 1.50. The van der Waals surface area contributed by atoms with Crippen LogP contribution in [0, 0.1) is 6.92 Å². The molecule has 1 N–H and O–H groups in total. The summed E-state index contributed by atoms with van der Waals surface area (Å²) in [5.74, 6) is -0.484. The van der Waals surface area contributed by atoms with E-state index in [2.05, 4.69) is 10.3 Å². The topological polar surface area (TPSA) is 68.3 Å². The quantitative estimate of drug-likeness (QED) is 0.663. The predicted octanol–water partition coefficient (Wildman–Crippen LogP) is 4.05. The molecule has 0 spiro atoms. The first-order valence-corrected chi connectivity index (χ1v) is 9.36. The Morgan fingerprint density at radius 3 is 2.68 bits per heavy atom. The maximum atomic E-state index is 12.1. The monoisotopic (exact) mass is 372 g/mol. The second-order valence-corrected chi connectivity index (χ2v) is 7.27. The minimum atomic E-state index is -0.360. The van der Waals surface area contributed by atoms with Gasteiger partial charge in [-0.05, 0) is 30.5 Å². The zero-order chi connectivity index (χ0) is 17.6. The van der Waals surface area contributed by atoms with Crippen molar-refractivity contribution in [3.8, 4) is 0 Å². The number of nitrogens with one attached hydrogen (secondary N) is 1. The molecule has 0 atom stereocenters. The molecule has 0 fully saturated rings. The van der Waals surface area contributed by atoms with E-state index < -0.39 is 0 Å². The van der Waals surface area contributed by atoms with Crippen LogP contribution in [-0.4, -0.2) is 16.9 Å². The number of thiazole rings is 1. The lowest BCUT2D eigenvalue weighted by molar-refractivity contribution is -0.115. The van der Waals surface area contributed by atoms with Crippen LogP contribution in [-0.2, 0) is 22.6 Å². The van der Waals surface area contributed by atoms with Gasteiger partial charge in [0.15, 0.2) is 0 Å². The fourth-order valence-corrected chi connectivity index (χ4v) is 3.47.